The molecule has 0 aliphatic heterocycles. The first kappa shape index (κ1) is 24.1. The van der Waals surface area contributed by atoms with E-state index in [9.17, 15) is 0 Å². The van der Waals surface area contributed by atoms with Crippen molar-refractivity contribution in [2.45, 2.75) is 33.2 Å². The summed E-state index contributed by atoms with van der Waals surface area (Å²) in [7, 11) is 1.66. The molecule has 0 bridgehead atoms. The number of hydrogen-bond donors (Lipinski definition) is 2. The summed E-state index contributed by atoms with van der Waals surface area (Å²) < 4.78 is 7.05. The van der Waals surface area contributed by atoms with Crippen LogP contribution in [0.2, 0.25) is 0 Å². The zero-order valence-electron chi connectivity index (χ0n) is 17.6. The molecule has 2 heterocycles. The first-order valence-electron chi connectivity index (χ1n) is 9.86. The van der Waals surface area contributed by atoms with Crippen molar-refractivity contribution in [2.75, 3.05) is 20.2 Å². The number of hydrogen-bond acceptors (Lipinski definition) is 5. The van der Waals surface area contributed by atoms with Crippen molar-refractivity contribution >= 4 is 41.3 Å². The van der Waals surface area contributed by atoms with Gasteiger partial charge in [0.05, 0.1) is 30.0 Å². The van der Waals surface area contributed by atoms with E-state index in [1.807, 2.05) is 47.4 Å². The van der Waals surface area contributed by atoms with Gasteiger partial charge in [-0.05, 0) is 43.7 Å². The lowest BCUT2D eigenvalue weighted by Gasteiger charge is -2.10. The van der Waals surface area contributed by atoms with Crippen LogP contribution in [0.15, 0.2) is 47.7 Å². The molecule has 7 nitrogen and oxygen atoms in total. The lowest BCUT2D eigenvalue weighted by Crippen LogP contribution is -2.38. The van der Waals surface area contributed by atoms with E-state index in [-0.39, 0.29) is 24.0 Å². The number of thiazole rings is 1. The Morgan fingerprint density at radius 1 is 1.17 bits per heavy atom. The Balaban J connectivity index is 0.00000320. The van der Waals surface area contributed by atoms with Gasteiger partial charge in [-0.1, -0.05) is 6.92 Å². The molecule has 9 heteroatoms. The lowest BCUT2D eigenvalue weighted by atomic mass is 10.3. The predicted molar refractivity (Wildman–Crippen MR) is 134 cm³/mol. The average Bonchev–Trinajstić information content (AvgIpc) is 3.41. The molecular formula is C21H29IN6OS. The highest BCUT2D eigenvalue weighted by Crippen LogP contribution is 2.15. The molecule has 2 aromatic heterocycles. The largest absolute Gasteiger partial charge is 0.497 e. The lowest BCUT2D eigenvalue weighted by molar-refractivity contribution is 0.414. The summed E-state index contributed by atoms with van der Waals surface area (Å²) in [5.41, 5.74) is 1.89. The van der Waals surface area contributed by atoms with Gasteiger partial charge in [0, 0.05) is 36.8 Å². The van der Waals surface area contributed by atoms with Crippen LogP contribution in [0.5, 0.6) is 5.75 Å². The molecule has 0 radical (unpaired) electrons. The third-order valence-electron chi connectivity index (χ3n) is 4.31. The van der Waals surface area contributed by atoms with Crippen LogP contribution in [0.4, 0.5) is 0 Å². The van der Waals surface area contributed by atoms with Gasteiger partial charge in [-0.2, -0.15) is 5.10 Å². The smallest absolute Gasteiger partial charge is 0.191 e. The molecule has 0 saturated heterocycles. The van der Waals surface area contributed by atoms with E-state index in [4.69, 9.17) is 4.74 Å². The Labute approximate surface area is 199 Å². The topological polar surface area (TPSA) is 76.4 Å². The van der Waals surface area contributed by atoms with Crippen molar-refractivity contribution in [1.82, 2.24) is 25.4 Å². The molecule has 2 N–H and O–H groups in total. The summed E-state index contributed by atoms with van der Waals surface area (Å²) in [4.78, 5) is 10.4. The molecule has 1 aromatic carbocycles. The van der Waals surface area contributed by atoms with Crippen molar-refractivity contribution < 1.29 is 4.74 Å². The van der Waals surface area contributed by atoms with Gasteiger partial charge in [0.1, 0.15) is 5.75 Å². The maximum absolute atomic E-state index is 5.20. The van der Waals surface area contributed by atoms with Gasteiger partial charge in [-0.3, -0.25) is 0 Å². The van der Waals surface area contributed by atoms with E-state index in [2.05, 4.69) is 39.6 Å². The zero-order chi connectivity index (χ0) is 20.5. The number of benzene rings is 1. The first-order valence-corrected chi connectivity index (χ1v) is 10.7. The van der Waals surface area contributed by atoms with Crippen LogP contribution < -0.4 is 15.4 Å². The third-order valence-corrected chi connectivity index (χ3v) is 5.51. The van der Waals surface area contributed by atoms with Gasteiger partial charge in [0.25, 0.3) is 0 Å². The van der Waals surface area contributed by atoms with E-state index in [0.717, 1.165) is 54.0 Å². The number of guanidine groups is 1. The minimum atomic E-state index is 0. The van der Waals surface area contributed by atoms with Crippen LogP contribution in [0.1, 0.15) is 29.4 Å². The molecule has 0 spiro atoms. The molecule has 0 aliphatic rings. The molecule has 3 aromatic rings. The molecule has 162 valence electrons. The van der Waals surface area contributed by atoms with Crippen LogP contribution in [0, 0.1) is 0 Å². The molecule has 0 saturated carbocycles. The number of halogens is 1. The molecule has 3 rings (SSSR count). The molecule has 0 atom stereocenters. The third kappa shape index (κ3) is 6.98. The Kier molecular flexibility index (Phi) is 10.1. The van der Waals surface area contributed by atoms with Gasteiger partial charge in [-0.15, -0.1) is 35.3 Å². The van der Waals surface area contributed by atoms with E-state index >= 15 is 0 Å². The standard InChI is InChI=1S/C21H28N6OS.HI/c1-4-19-15-24-20(29-19)10-12-23-21(22-5-2)25-14-16-11-13-27(26-16)17-6-8-18(28-3)9-7-17;/h6-9,11,13,15H,4-5,10,12,14H2,1-3H3,(H2,22,23,25);1H. The highest BCUT2D eigenvalue weighted by atomic mass is 127. The summed E-state index contributed by atoms with van der Waals surface area (Å²) in [6.45, 7) is 6.33. The van der Waals surface area contributed by atoms with Crippen LogP contribution >= 0.6 is 35.3 Å². The SMILES string of the molecule is CCNC(=NCc1ccn(-c2ccc(OC)cc2)n1)NCCc1ncc(CC)s1.I. The Bertz CT molecular complexity index is 922. The fourth-order valence-electron chi connectivity index (χ4n) is 2.74. The Hall–Kier alpha value is -2.14. The fraction of sp³-hybridized carbons (Fsp3) is 0.381. The highest BCUT2D eigenvalue weighted by Gasteiger charge is 2.04. The van der Waals surface area contributed by atoms with E-state index in [1.54, 1.807) is 18.4 Å². The number of aryl methyl sites for hydroxylation is 1. The van der Waals surface area contributed by atoms with Gasteiger partial charge >= 0.3 is 0 Å². The minimum Gasteiger partial charge on any atom is -0.497 e. The van der Waals surface area contributed by atoms with E-state index < -0.39 is 0 Å². The van der Waals surface area contributed by atoms with Crippen molar-refractivity contribution in [3.8, 4) is 11.4 Å². The summed E-state index contributed by atoms with van der Waals surface area (Å²) in [5, 5.41) is 12.4. The second-order valence-corrected chi connectivity index (χ2v) is 7.60. The summed E-state index contributed by atoms with van der Waals surface area (Å²) in [6.07, 6.45) is 5.85. The van der Waals surface area contributed by atoms with Crippen molar-refractivity contribution in [3.63, 3.8) is 0 Å². The zero-order valence-corrected chi connectivity index (χ0v) is 20.7. The van der Waals surface area contributed by atoms with Crippen molar-refractivity contribution in [2.24, 2.45) is 4.99 Å². The molecule has 0 fully saturated rings. The highest BCUT2D eigenvalue weighted by molar-refractivity contribution is 14.0. The molecule has 0 amide bonds. The fourth-order valence-corrected chi connectivity index (χ4v) is 3.60. The number of rotatable bonds is 9. The van der Waals surface area contributed by atoms with Gasteiger partial charge in [0.15, 0.2) is 5.96 Å². The average molecular weight is 540 g/mol. The van der Waals surface area contributed by atoms with E-state index in [0.29, 0.717) is 6.54 Å². The number of methoxy groups -OCH3 is 1. The monoisotopic (exact) mass is 540 g/mol. The number of nitrogens with one attached hydrogen (secondary N) is 2. The maximum atomic E-state index is 5.20. The van der Waals surface area contributed by atoms with E-state index in [1.165, 1.54) is 4.88 Å². The van der Waals surface area contributed by atoms with Gasteiger partial charge in [-0.25, -0.2) is 14.7 Å². The number of aliphatic imine (C=N–C) groups is 1. The molecular weight excluding hydrogens is 511 g/mol. The van der Waals surface area contributed by atoms with Crippen LogP contribution in [-0.2, 0) is 19.4 Å². The summed E-state index contributed by atoms with van der Waals surface area (Å²) in [5.74, 6) is 1.62. The van der Waals surface area contributed by atoms with Crippen LogP contribution in [-0.4, -0.2) is 40.9 Å². The van der Waals surface area contributed by atoms with Crippen molar-refractivity contribution in [3.05, 3.63) is 58.3 Å². The quantitative estimate of drug-likeness (QED) is 0.245. The Morgan fingerprint density at radius 3 is 2.63 bits per heavy atom. The van der Waals surface area contributed by atoms with Gasteiger partial charge in [0.2, 0.25) is 0 Å². The number of ether oxygens (including phenoxy) is 1. The van der Waals surface area contributed by atoms with Crippen molar-refractivity contribution in [1.29, 1.82) is 0 Å². The minimum absolute atomic E-state index is 0. The molecule has 0 aliphatic carbocycles. The first-order chi connectivity index (χ1) is 14.2. The summed E-state index contributed by atoms with van der Waals surface area (Å²) in [6, 6.07) is 9.79. The maximum Gasteiger partial charge on any atom is 0.191 e. The van der Waals surface area contributed by atoms with Crippen LogP contribution in [0.3, 0.4) is 0 Å². The normalized spacial score (nSPS) is 11.1. The molecule has 30 heavy (non-hydrogen) atoms. The Morgan fingerprint density at radius 2 is 1.97 bits per heavy atom. The predicted octanol–water partition coefficient (Wildman–Crippen LogP) is 3.82. The molecule has 0 unspecified atom stereocenters. The summed E-state index contributed by atoms with van der Waals surface area (Å²) >= 11 is 1.78. The van der Waals surface area contributed by atoms with Crippen LogP contribution in [0.25, 0.3) is 5.69 Å². The number of aromatic nitrogens is 3. The second kappa shape index (κ2) is 12.5. The van der Waals surface area contributed by atoms with Gasteiger partial charge < -0.3 is 15.4 Å². The number of nitrogens with zero attached hydrogens (tertiary/aromatic N) is 4. The second-order valence-electron chi connectivity index (χ2n) is 6.40.